The van der Waals surface area contributed by atoms with Crippen LogP contribution in [0, 0.1) is 5.92 Å². The van der Waals surface area contributed by atoms with Crippen molar-refractivity contribution in [3.63, 3.8) is 0 Å². The fraction of sp³-hybridized carbons (Fsp3) is 0.933. The van der Waals surface area contributed by atoms with Crippen LogP contribution < -0.4 is 21.7 Å². The number of β-amino-alcohol motifs (C(OH)–C–C–N with tert-alkyl or cyclic N) is 1. The van der Waals surface area contributed by atoms with Crippen LogP contribution in [-0.2, 0) is 4.79 Å². The van der Waals surface area contributed by atoms with Crippen LogP contribution in [0.2, 0.25) is 0 Å². The molecule has 3 fully saturated rings. The number of fused-ring (bicyclic) bond motifs is 2. The molecule has 0 amide bonds. The summed E-state index contributed by atoms with van der Waals surface area (Å²) in [5.41, 5.74) is 4.80. The van der Waals surface area contributed by atoms with E-state index in [1.807, 2.05) is 27.8 Å². The quantitative estimate of drug-likeness (QED) is 0.133. The molecule has 0 aromatic rings. The number of carboxylic acid groups (broad SMARTS) is 1. The third-order valence-corrected chi connectivity index (χ3v) is 12.4. The van der Waals surface area contributed by atoms with Gasteiger partial charge in [-0.3, -0.25) is 20.0 Å². The maximum Gasteiger partial charge on any atom is 0.306 e. The van der Waals surface area contributed by atoms with Crippen molar-refractivity contribution >= 4 is 33.8 Å². The number of aliphatic carboxylic acids is 1. The van der Waals surface area contributed by atoms with Crippen molar-refractivity contribution in [1.82, 2.24) is 20.9 Å². The Labute approximate surface area is 260 Å². The van der Waals surface area contributed by atoms with Crippen LogP contribution in [-0.4, -0.2) is 111 Å². The lowest BCUT2D eigenvalue weighted by molar-refractivity contribution is -0.143. The van der Waals surface area contributed by atoms with Gasteiger partial charge in [0.25, 0.3) is 0 Å². The number of carboxylic acids is 1. The summed E-state index contributed by atoms with van der Waals surface area (Å²) in [7, 11) is 3.73. The molecule has 242 valence electrons. The largest absolute Gasteiger partial charge is 0.481 e. The normalized spacial score (nSPS) is 40.4. The van der Waals surface area contributed by atoms with Gasteiger partial charge in [0.2, 0.25) is 0 Å². The number of hydrogen-bond donors (Lipinski definition) is 7. The van der Waals surface area contributed by atoms with Gasteiger partial charge in [-0.2, -0.15) is 0 Å². The molecule has 4 aliphatic rings. The second-order valence-corrected chi connectivity index (χ2v) is 16.3. The van der Waals surface area contributed by atoms with E-state index in [2.05, 4.69) is 39.7 Å². The Balaban J connectivity index is 1.22. The minimum atomic E-state index is -1.27. The zero-order chi connectivity index (χ0) is 30.2. The van der Waals surface area contributed by atoms with Crippen molar-refractivity contribution in [2.24, 2.45) is 16.6 Å². The Kier molecular flexibility index (Phi) is 13.3. The molecule has 0 aromatic heterocycles. The number of nitrogens with one attached hydrogen (secondary N) is 3. The predicted octanol–water partition coefficient (Wildman–Crippen LogP) is 2.53. The van der Waals surface area contributed by atoms with Gasteiger partial charge in [-0.05, 0) is 58.3 Å². The van der Waals surface area contributed by atoms with E-state index < -0.39 is 11.6 Å². The predicted molar refractivity (Wildman–Crippen MR) is 174 cm³/mol. The lowest BCUT2D eigenvalue weighted by atomic mass is 9.82. The molecular formula is C30H56N6O4S2. The SMILES string of the molecule is CC1NC(CCCCCCCC2CSSCC3CC(C)(CC(N)N3)NCC(O)(CC(=O)O)C2)C(N2CC=NC2)CC1O. The number of aliphatic hydroxyl groups is 2. The van der Waals surface area contributed by atoms with E-state index in [4.69, 9.17) is 5.73 Å². The molecule has 0 aromatic carbocycles. The Morgan fingerprint density at radius 2 is 1.83 bits per heavy atom. The van der Waals surface area contributed by atoms with Crippen molar-refractivity contribution in [3.05, 3.63) is 0 Å². The molecule has 3 saturated heterocycles. The van der Waals surface area contributed by atoms with Gasteiger partial charge in [-0.15, -0.1) is 0 Å². The summed E-state index contributed by atoms with van der Waals surface area (Å²) in [6.07, 6.45) is 12.2. The van der Waals surface area contributed by atoms with Crippen molar-refractivity contribution < 1.29 is 20.1 Å². The van der Waals surface area contributed by atoms with Gasteiger partial charge in [0.05, 0.1) is 31.0 Å². The third kappa shape index (κ3) is 10.6. The first kappa shape index (κ1) is 34.4. The molecule has 42 heavy (non-hydrogen) atoms. The second-order valence-electron chi connectivity index (χ2n) is 13.8. The zero-order valence-corrected chi connectivity index (χ0v) is 27.3. The highest BCUT2D eigenvalue weighted by Gasteiger charge is 2.40. The molecule has 0 aliphatic carbocycles. The molecular weight excluding hydrogens is 573 g/mol. The van der Waals surface area contributed by atoms with Gasteiger partial charge in [-0.25, -0.2) is 0 Å². The summed E-state index contributed by atoms with van der Waals surface area (Å²) in [4.78, 5) is 18.5. The first-order chi connectivity index (χ1) is 20.0. The van der Waals surface area contributed by atoms with Crippen LogP contribution in [0.15, 0.2) is 4.99 Å². The van der Waals surface area contributed by atoms with Crippen molar-refractivity contribution in [1.29, 1.82) is 0 Å². The van der Waals surface area contributed by atoms with E-state index in [9.17, 15) is 20.1 Å². The standard InChI is InChI=1S/C30H56N6O4S2/c1-21-26(37)12-25(36-11-10-32-20-36)24(34-21)9-7-5-3-4-6-8-22-13-30(40,16-28(38)39)19-33-29(2)14-23(18-42-41-17-22)35-27(31)15-29/h10,21-27,33-35,37,40H,3-9,11-20,31H2,1-2H3,(H,38,39). The first-order valence-electron chi connectivity index (χ1n) is 16.2. The summed E-state index contributed by atoms with van der Waals surface area (Å²) >= 11 is 0. The number of aliphatic imine (C=N–C) groups is 1. The number of nitrogens with zero attached hydrogens (tertiary/aromatic N) is 2. The van der Waals surface area contributed by atoms with E-state index in [1.54, 1.807) is 0 Å². The van der Waals surface area contributed by atoms with Gasteiger partial charge in [0.1, 0.15) is 0 Å². The summed E-state index contributed by atoms with van der Waals surface area (Å²) in [5, 5.41) is 42.4. The molecule has 4 aliphatic heterocycles. The summed E-state index contributed by atoms with van der Waals surface area (Å²) in [5.74, 6) is 1.23. The van der Waals surface area contributed by atoms with Crippen LogP contribution in [0.25, 0.3) is 0 Å². The Hall–Kier alpha value is -0.440. The highest BCUT2D eigenvalue weighted by Crippen LogP contribution is 2.36. The number of rotatable bonds is 11. The first-order valence-corrected chi connectivity index (χ1v) is 18.6. The topological polar surface area (TPSA) is 155 Å². The molecule has 8 N–H and O–H groups in total. The van der Waals surface area contributed by atoms with Crippen LogP contribution in [0.1, 0.15) is 90.9 Å². The number of aliphatic hydroxyl groups excluding tert-OH is 1. The molecule has 0 radical (unpaired) electrons. The average Bonchev–Trinajstić information content (AvgIpc) is 3.45. The molecule has 9 atom stereocenters. The third-order valence-electron chi connectivity index (χ3n) is 9.77. The second kappa shape index (κ2) is 16.2. The lowest BCUT2D eigenvalue weighted by Gasteiger charge is -2.45. The minimum absolute atomic E-state index is 0.105. The molecule has 9 unspecified atom stereocenters. The molecule has 12 heteroatoms. The highest BCUT2D eigenvalue weighted by atomic mass is 33.1. The molecule has 0 spiro atoms. The number of piperidine rings is 2. The van der Waals surface area contributed by atoms with Gasteiger partial charge < -0.3 is 31.7 Å². The summed E-state index contributed by atoms with van der Waals surface area (Å²) < 4.78 is 0. The van der Waals surface area contributed by atoms with Crippen molar-refractivity contribution in [2.75, 3.05) is 31.3 Å². The van der Waals surface area contributed by atoms with E-state index in [1.165, 1.54) is 19.3 Å². The maximum absolute atomic E-state index is 11.8. The molecule has 4 heterocycles. The van der Waals surface area contributed by atoms with E-state index >= 15 is 0 Å². The van der Waals surface area contributed by atoms with Crippen LogP contribution in [0.3, 0.4) is 0 Å². The maximum atomic E-state index is 11.8. The molecule has 2 bridgehead atoms. The number of nitrogens with two attached hydrogens (primary N) is 1. The Morgan fingerprint density at radius 3 is 2.57 bits per heavy atom. The van der Waals surface area contributed by atoms with Crippen molar-refractivity contribution in [2.45, 2.75) is 138 Å². The van der Waals surface area contributed by atoms with Gasteiger partial charge in [-0.1, -0.05) is 53.7 Å². The lowest BCUT2D eigenvalue weighted by Crippen LogP contribution is -2.63. The fourth-order valence-corrected chi connectivity index (χ4v) is 10.2. The number of carbonyl (C=O) groups is 1. The van der Waals surface area contributed by atoms with E-state index in [-0.39, 0.29) is 42.7 Å². The van der Waals surface area contributed by atoms with Crippen molar-refractivity contribution in [3.8, 4) is 0 Å². The minimum Gasteiger partial charge on any atom is -0.481 e. The van der Waals surface area contributed by atoms with Crippen LogP contribution >= 0.6 is 21.6 Å². The number of hydrogen-bond acceptors (Lipinski definition) is 11. The highest BCUT2D eigenvalue weighted by molar-refractivity contribution is 8.76. The smallest absolute Gasteiger partial charge is 0.306 e. The van der Waals surface area contributed by atoms with Gasteiger partial charge in [0.15, 0.2) is 0 Å². The summed E-state index contributed by atoms with van der Waals surface area (Å²) in [6.45, 7) is 6.13. The van der Waals surface area contributed by atoms with Gasteiger partial charge in [0, 0.05) is 60.5 Å². The fourth-order valence-electron chi connectivity index (χ4n) is 7.51. The van der Waals surface area contributed by atoms with E-state index in [0.29, 0.717) is 24.5 Å². The Morgan fingerprint density at radius 1 is 1.10 bits per heavy atom. The summed E-state index contributed by atoms with van der Waals surface area (Å²) in [6, 6.07) is 1.15. The molecule has 10 nitrogen and oxygen atoms in total. The van der Waals surface area contributed by atoms with Gasteiger partial charge >= 0.3 is 5.97 Å². The molecule has 4 rings (SSSR count). The van der Waals surface area contributed by atoms with E-state index in [0.717, 1.165) is 69.7 Å². The Bertz CT molecular complexity index is 881. The van der Waals surface area contributed by atoms with Crippen LogP contribution in [0.5, 0.6) is 0 Å². The zero-order valence-electron chi connectivity index (χ0n) is 25.7. The monoisotopic (exact) mass is 628 g/mol. The molecule has 0 saturated carbocycles. The van der Waals surface area contributed by atoms with Crippen LogP contribution in [0.4, 0.5) is 0 Å². The number of unbranched alkanes of at least 4 members (excludes halogenated alkanes) is 4. The average molecular weight is 629 g/mol.